The highest BCUT2D eigenvalue weighted by Crippen LogP contribution is 2.34. The lowest BCUT2D eigenvalue weighted by Gasteiger charge is -2.24. The molecule has 104 valence electrons. The SMILES string of the molecule is O=C(O)CC(NC(=O)N(CCO)CCO)C1CC1. The van der Waals surface area contributed by atoms with Crippen molar-refractivity contribution in [3.63, 3.8) is 0 Å². The van der Waals surface area contributed by atoms with E-state index >= 15 is 0 Å². The fraction of sp³-hybridized carbons (Fsp3) is 0.818. The summed E-state index contributed by atoms with van der Waals surface area (Å²) in [4.78, 5) is 23.8. The Hall–Kier alpha value is -1.34. The molecule has 2 amide bonds. The lowest BCUT2D eigenvalue weighted by atomic mass is 10.1. The van der Waals surface area contributed by atoms with Crippen LogP contribution in [0.3, 0.4) is 0 Å². The van der Waals surface area contributed by atoms with Crippen LogP contribution in [0.1, 0.15) is 19.3 Å². The molecule has 0 heterocycles. The molecule has 1 fully saturated rings. The van der Waals surface area contributed by atoms with E-state index in [4.69, 9.17) is 15.3 Å². The van der Waals surface area contributed by atoms with Crippen molar-refractivity contribution in [2.75, 3.05) is 26.3 Å². The highest BCUT2D eigenvalue weighted by Gasteiger charge is 2.34. The Bertz CT molecular complexity index is 287. The maximum absolute atomic E-state index is 11.8. The zero-order chi connectivity index (χ0) is 13.5. The summed E-state index contributed by atoms with van der Waals surface area (Å²) in [6.07, 6.45) is 1.76. The maximum atomic E-state index is 11.8. The minimum absolute atomic E-state index is 0.0947. The number of nitrogens with one attached hydrogen (secondary N) is 1. The first-order valence-electron chi connectivity index (χ1n) is 6.07. The van der Waals surface area contributed by atoms with E-state index in [9.17, 15) is 9.59 Å². The number of carbonyl (C=O) groups excluding carboxylic acids is 1. The largest absolute Gasteiger partial charge is 0.481 e. The van der Waals surface area contributed by atoms with Crippen LogP contribution >= 0.6 is 0 Å². The van der Waals surface area contributed by atoms with Gasteiger partial charge in [0.25, 0.3) is 0 Å². The molecule has 0 aliphatic heterocycles. The molecule has 1 atom stereocenters. The number of hydrogen-bond acceptors (Lipinski definition) is 4. The summed E-state index contributed by atoms with van der Waals surface area (Å²) in [6.45, 7) is -0.144. The van der Waals surface area contributed by atoms with E-state index in [1.807, 2.05) is 0 Å². The van der Waals surface area contributed by atoms with Crippen LogP contribution in [0.15, 0.2) is 0 Å². The van der Waals surface area contributed by atoms with E-state index in [1.165, 1.54) is 4.90 Å². The third-order valence-corrected chi connectivity index (χ3v) is 2.92. The van der Waals surface area contributed by atoms with Gasteiger partial charge in [-0.15, -0.1) is 0 Å². The number of rotatable bonds is 8. The Labute approximate surface area is 105 Å². The second-order valence-electron chi connectivity index (χ2n) is 4.43. The Morgan fingerprint density at radius 1 is 1.22 bits per heavy atom. The molecule has 0 spiro atoms. The van der Waals surface area contributed by atoms with E-state index in [1.54, 1.807) is 0 Å². The van der Waals surface area contributed by atoms with Crippen LogP contribution in [0.4, 0.5) is 4.79 Å². The monoisotopic (exact) mass is 260 g/mol. The average molecular weight is 260 g/mol. The zero-order valence-electron chi connectivity index (χ0n) is 10.2. The number of hydrogen-bond donors (Lipinski definition) is 4. The van der Waals surface area contributed by atoms with Crippen molar-refractivity contribution in [1.29, 1.82) is 0 Å². The van der Waals surface area contributed by atoms with Crippen molar-refractivity contribution in [2.45, 2.75) is 25.3 Å². The van der Waals surface area contributed by atoms with Crippen LogP contribution in [-0.4, -0.2) is 64.6 Å². The van der Waals surface area contributed by atoms with Gasteiger partial charge in [-0.25, -0.2) is 4.79 Å². The predicted octanol–water partition coefficient (Wildman–Crippen LogP) is -0.764. The number of aliphatic carboxylic acids is 1. The molecule has 0 bridgehead atoms. The molecule has 7 heteroatoms. The summed E-state index contributed by atoms with van der Waals surface area (Å²) in [5.74, 6) is -0.710. The summed E-state index contributed by atoms with van der Waals surface area (Å²) in [5, 5.41) is 29.1. The molecule has 0 aromatic carbocycles. The van der Waals surface area contributed by atoms with Gasteiger partial charge in [0.15, 0.2) is 0 Å². The molecule has 1 saturated carbocycles. The summed E-state index contributed by atoms with van der Waals surface area (Å²) in [7, 11) is 0. The fourth-order valence-electron chi connectivity index (χ4n) is 1.83. The van der Waals surface area contributed by atoms with E-state index in [2.05, 4.69) is 5.32 Å². The van der Waals surface area contributed by atoms with Gasteiger partial charge < -0.3 is 25.5 Å². The Balaban J connectivity index is 2.49. The predicted molar refractivity (Wildman–Crippen MR) is 63.0 cm³/mol. The van der Waals surface area contributed by atoms with Gasteiger partial charge in [-0.05, 0) is 18.8 Å². The average Bonchev–Trinajstić information content (AvgIpc) is 3.11. The fourth-order valence-corrected chi connectivity index (χ4v) is 1.83. The standard InChI is InChI=1S/C11H20N2O5/c14-5-3-13(4-6-15)11(18)12-9(7-10(16)17)8-1-2-8/h8-9,14-15H,1-7H2,(H,12,18)(H,16,17). The second-order valence-corrected chi connectivity index (χ2v) is 4.43. The number of carboxylic acid groups (broad SMARTS) is 1. The van der Waals surface area contributed by atoms with Gasteiger partial charge in [-0.3, -0.25) is 4.79 Å². The highest BCUT2D eigenvalue weighted by atomic mass is 16.4. The Morgan fingerprint density at radius 3 is 2.17 bits per heavy atom. The van der Waals surface area contributed by atoms with Crippen LogP contribution < -0.4 is 5.32 Å². The van der Waals surface area contributed by atoms with Gasteiger partial charge in [0.1, 0.15) is 0 Å². The zero-order valence-corrected chi connectivity index (χ0v) is 10.2. The van der Waals surface area contributed by atoms with Crippen molar-refractivity contribution in [3.8, 4) is 0 Å². The van der Waals surface area contributed by atoms with Crippen LogP contribution in [0.25, 0.3) is 0 Å². The number of amides is 2. The molecule has 1 rings (SSSR count). The number of aliphatic hydroxyl groups is 2. The van der Waals surface area contributed by atoms with Crippen molar-refractivity contribution < 1.29 is 24.9 Å². The van der Waals surface area contributed by atoms with Crippen LogP contribution in [0.5, 0.6) is 0 Å². The lowest BCUT2D eigenvalue weighted by Crippen LogP contribution is -2.48. The molecule has 0 radical (unpaired) electrons. The number of nitrogens with zero attached hydrogens (tertiary/aromatic N) is 1. The molecule has 7 nitrogen and oxygen atoms in total. The normalized spacial score (nSPS) is 16.1. The minimum Gasteiger partial charge on any atom is -0.481 e. The van der Waals surface area contributed by atoms with Gasteiger partial charge in [0.05, 0.1) is 19.6 Å². The molecular weight excluding hydrogens is 240 g/mol. The topological polar surface area (TPSA) is 110 Å². The van der Waals surface area contributed by atoms with Gasteiger partial charge >= 0.3 is 12.0 Å². The summed E-state index contributed by atoms with van der Waals surface area (Å²) in [6, 6.07) is -0.800. The molecule has 4 N–H and O–H groups in total. The van der Waals surface area contributed by atoms with Crippen LogP contribution in [0, 0.1) is 5.92 Å². The van der Waals surface area contributed by atoms with Gasteiger partial charge in [0.2, 0.25) is 0 Å². The molecule has 0 aromatic rings. The van der Waals surface area contributed by atoms with Gasteiger partial charge in [-0.1, -0.05) is 0 Å². The maximum Gasteiger partial charge on any atom is 0.317 e. The molecule has 1 unspecified atom stereocenters. The summed E-state index contributed by atoms with van der Waals surface area (Å²) in [5.41, 5.74) is 0. The lowest BCUT2D eigenvalue weighted by molar-refractivity contribution is -0.137. The van der Waals surface area contributed by atoms with Crippen molar-refractivity contribution in [2.24, 2.45) is 5.92 Å². The first-order chi connectivity index (χ1) is 8.58. The molecule has 0 saturated heterocycles. The smallest absolute Gasteiger partial charge is 0.317 e. The van der Waals surface area contributed by atoms with E-state index in [0.29, 0.717) is 0 Å². The highest BCUT2D eigenvalue weighted by molar-refractivity contribution is 5.76. The quantitative estimate of drug-likeness (QED) is 0.458. The minimum atomic E-state index is -0.942. The van der Waals surface area contributed by atoms with Crippen molar-refractivity contribution in [1.82, 2.24) is 10.2 Å². The molecule has 1 aliphatic rings. The first-order valence-corrected chi connectivity index (χ1v) is 6.07. The van der Waals surface area contributed by atoms with E-state index < -0.39 is 12.0 Å². The molecule has 0 aromatic heterocycles. The van der Waals surface area contributed by atoms with Crippen molar-refractivity contribution >= 4 is 12.0 Å². The third-order valence-electron chi connectivity index (χ3n) is 2.92. The summed E-state index contributed by atoms with van der Waals surface area (Å²) < 4.78 is 0. The number of carboxylic acids is 1. The number of urea groups is 1. The number of aliphatic hydroxyl groups excluding tert-OH is 2. The van der Waals surface area contributed by atoms with E-state index in [-0.39, 0.29) is 44.7 Å². The Kier molecular flexibility index (Phi) is 5.87. The first kappa shape index (κ1) is 14.7. The number of carbonyl (C=O) groups is 2. The van der Waals surface area contributed by atoms with Gasteiger partial charge in [-0.2, -0.15) is 0 Å². The van der Waals surface area contributed by atoms with Crippen molar-refractivity contribution in [3.05, 3.63) is 0 Å². The molecule has 1 aliphatic carbocycles. The third kappa shape index (κ3) is 4.89. The molecule has 18 heavy (non-hydrogen) atoms. The summed E-state index contributed by atoms with van der Waals surface area (Å²) >= 11 is 0. The van der Waals surface area contributed by atoms with E-state index in [0.717, 1.165) is 12.8 Å². The van der Waals surface area contributed by atoms with Crippen LogP contribution in [0.2, 0.25) is 0 Å². The molecular formula is C11H20N2O5. The van der Waals surface area contributed by atoms with Gasteiger partial charge in [0, 0.05) is 19.1 Å². The van der Waals surface area contributed by atoms with Crippen LogP contribution in [-0.2, 0) is 4.79 Å². The Morgan fingerprint density at radius 2 is 1.78 bits per heavy atom. The second kappa shape index (κ2) is 7.17.